The van der Waals surface area contributed by atoms with Crippen molar-refractivity contribution < 1.29 is 18.0 Å². The van der Waals surface area contributed by atoms with E-state index in [1.165, 1.54) is 12.1 Å². The smallest absolute Gasteiger partial charge is 0.326 e. The lowest BCUT2D eigenvalue weighted by Crippen LogP contribution is -2.12. The summed E-state index contributed by atoms with van der Waals surface area (Å²) in [4.78, 5) is 12.9. The topological polar surface area (TPSA) is 29.1 Å². The largest absolute Gasteiger partial charge is 0.416 e. The predicted molar refractivity (Wildman–Crippen MR) is 91.5 cm³/mol. The summed E-state index contributed by atoms with van der Waals surface area (Å²) in [5, 5.41) is 3.16. The quantitative estimate of drug-likeness (QED) is 0.506. The van der Waals surface area contributed by atoms with E-state index in [-0.39, 0.29) is 18.0 Å². The summed E-state index contributed by atoms with van der Waals surface area (Å²) in [7, 11) is 0. The monoisotopic (exact) mass is 373 g/mol. The Morgan fingerprint density at radius 2 is 1.83 bits per heavy atom. The zero-order valence-corrected chi connectivity index (χ0v) is 14.1. The fraction of sp³-hybridized carbons (Fsp3) is 0.235. The second-order valence-electron chi connectivity index (χ2n) is 5.03. The zero-order chi connectivity index (χ0) is 17.6. The lowest BCUT2D eigenvalue weighted by molar-refractivity contribution is -0.137. The second kappa shape index (κ2) is 8.44. The van der Waals surface area contributed by atoms with Gasteiger partial charge in [0.15, 0.2) is 0 Å². The van der Waals surface area contributed by atoms with Gasteiger partial charge >= 0.3 is 6.18 Å². The summed E-state index contributed by atoms with van der Waals surface area (Å²) < 4.78 is 37.8. The average Bonchev–Trinajstić information content (AvgIpc) is 2.53. The number of anilines is 1. The van der Waals surface area contributed by atoms with Crippen molar-refractivity contribution in [1.29, 1.82) is 0 Å². The Morgan fingerprint density at radius 1 is 1.12 bits per heavy atom. The number of hydrogen-bond donors (Lipinski definition) is 1. The molecule has 0 spiro atoms. The molecule has 0 saturated heterocycles. The van der Waals surface area contributed by atoms with Gasteiger partial charge in [0.05, 0.1) is 5.56 Å². The Morgan fingerprint density at radius 3 is 2.50 bits per heavy atom. The number of carbonyl (C=O) groups is 1. The summed E-state index contributed by atoms with van der Waals surface area (Å²) in [6, 6.07) is 12.0. The first-order chi connectivity index (χ1) is 11.3. The van der Waals surface area contributed by atoms with E-state index < -0.39 is 11.7 Å². The molecule has 0 aliphatic rings. The first-order valence-electron chi connectivity index (χ1n) is 7.20. The summed E-state index contributed by atoms with van der Waals surface area (Å²) in [5.74, 6) is 0.434. The molecule has 7 heteroatoms. The summed E-state index contributed by atoms with van der Waals surface area (Å²) in [6.45, 7) is 0. The first kappa shape index (κ1) is 18.7. The number of benzene rings is 2. The molecule has 1 N–H and O–H groups in total. The molecule has 24 heavy (non-hydrogen) atoms. The lowest BCUT2D eigenvalue weighted by atomic mass is 10.2. The maximum atomic E-state index is 12.6. The van der Waals surface area contributed by atoms with E-state index in [1.807, 2.05) is 12.1 Å². The van der Waals surface area contributed by atoms with E-state index in [4.69, 9.17) is 11.6 Å². The minimum Gasteiger partial charge on any atom is -0.326 e. The average molecular weight is 374 g/mol. The van der Waals surface area contributed by atoms with Crippen LogP contribution in [0.5, 0.6) is 0 Å². The van der Waals surface area contributed by atoms with Gasteiger partial charge in [-0.3, -0.25) is 4.79 Å². The van der Waals surface area contributed by atoms with Crippen molar-refractivity contribution in [3.8, 4) is 0 Å². The van der Waals surface area contributed by atoms with Crippen LogP contribution in [0.25, 0.3) is 0 Å². The molecule has 0 radical (unpaired) electrons. The van der Waals surface area contributed by atoms with Crippen LogP contribution >= 0.6 is 23.4 Å². The van der Waals surface area contributed by atoms with Gasteiger partial charge < -0.3 is 5.32 Å². The lowest BCUT2D eigenvalue weighted by Gasteiger charge is -2.10. The molecule has 0 unspecified atom stereocenters. The fourth-order valence-corrected chi connectivity index (χ4v) is 2.93. The molecule has 0 heterocycles. The normalized spacial score (nSPS) is 11.3. The van der Waals surface area contributed by atoms with Gasteiger partial charge in [0.25, 0.3) is 0 Å². The predicted octanol–water partition coefficient (Wildman–Crippen LogP) is 5.87. The summed E-state index contributed by atoms with van der Waals surface area (Å²) in [6.07, 6.45) is -3.55. The zero-order valence-electron chi connectivity index (χ0n) is 12.6. The molecule has 2 aromatic carbocycles. The first-order valence-corrected chi connectivity index (χ1v) is 8.56. The number of thioether (sulfide) groups is 1. The standard InChI is InChI=1S/C17H15ClF3NOS/c18-13-6-8-15(9-7-13)24-10-2-5-16(23)22-14-4-1-3-12(11-14)17(19,20)21/h1,3-4,6-9,11H,2,5,10H2,(H,22,23). The second-order valence-corrected chi connectivity index (χ2v) is 6.64. The Labute approximate surface area is 147 Å². The van der Waals surface area contributed by atoms with Crippen LogP contribution in [0, 0.1) is 0 Å². The van der Waals surface area contributed by atoms with Crippen molar-refractivity contribution in [2.75, 3.05) is 11.1 Å². The number of halogens is 4. The van der Waals surface area contributed by atoms with Crippen LogP contribution in [-0.4, -0.2) is 11.7 Å². The van der Waals surface area contributed by atoms with E-state index in [0.29, 0.717) is 11.4 Å². The number of alkyl halides is 3. The van der Waals surface area contributed by atoms with Gasteiger partial charge in [-0.1, -0.05) is 17.7 Å². The summed E-state index contributed by atoms with van der Waals surface area (Å²) in [5.41, 5.74) is -0.626. The molecule has 1 amide bonds. The van der Waals surface area contributed by atoms with E-state index in [0.717, 1.165) is 22.8 Å². The van der Waals surface area contributed by atoms with Crippen molar-refractivity contribution in [2.24, 2.45) is 0 Å². The molecule has 128 valence electrons. The Bertz CT molecular complexity index is 689. The fourth-order valence-electron chi connectivity index (χ4n) is 1.95. The van der Waals surface area contributed by atoms with E-state index in [9.17, 15) is 18.0 Å². The number of nitrogens with one attached hydrogen (secondary N) is 1. The maximum Gasteiger partial charge on any atom is 0.416 e. The Balaban J connectivity index is 1.76. The maximum absolute atomic E-state index is 12.6. The van der Waals surface area contributed by atoms with Crippen molar-refractivity contribution >= 4 is 35.0 Å². The molecule has 0 aliphatic heterocycles. The number of rotatable bonds is 6. The minimum absolute atomic E-state index is 0.153. The highest BCUT2D eigenvalue weighted by Gasteiger charge is 2.30. The number of carbonyl (C=O) groups excluding carboxylic acids is 1. The molecule has 0 bridgehead atoms. The van der Waals surface area contributed by atoms with Crippen LogP contribution in [-0.2, 0) is 11.0 Å². The molecule has 0 saturated carbocycles. The molecule has 2 rings (SSSR count). The van der Waals surface area contributed by atoms with Crippen LogP contribution in [0.3, 0.4) is 0 Å². The van der Waals surface area contributed by atoms with E-state index >= 15 is 0 Å². The van der Waals surface area contributed by atoms with Crippen LogP contribution in [0.15, 0.2) is 53.4 Å². The van der Waals surface area contributed by atoms with Crippen molar-refractivity contribution in [1.82, 2.24) is 0 Å². The van der Waals surface area contributed by atoms with Crippen LogP contribution in [0.2, 0.25) is 5.02 Å². The highest BCUT2D eigenvalue weighted by Crippen LogP contribution is 2.30. The van der Waals surface area contributed by atoms with Gasteiger partial charge in [-0.05, 0) is 54.6 Å². The summed E-state index contributed by atoms with van der Waals surface area (Å²) >= 11 is 7.39. The molecular weight excluding hydrogens is 359 g/mol. The molecule has 0 atom stereocenters. The van der Waals surface area contributed by atoms with Gasteiger partial charge in [-0.25, -0.2) is 0 Å². The molecule has 0 fully saturated rings. The molecule has 0 aromatic heterocycles. The highest BCUT2D eigenvalue weighted by atomic mass is 35.5. The SMILES string of the molecule is O=C(CCCSc1ccc(Cl)cc1)Nc1cccc(C(F)(F)F)c1. The molecule has 2 nitrogen and oxygen atoms in total. The molecular formula is C17H15ClF3NOS. The van der Waals surface area contributed by atoms with Crippen LogP contribution in [0.1, 0.15) is 18.4 Å². The highest BCUT2D eigenvalue weighted by molar-refractivity contribution is 7.99. The number of amides is 1. The van der Waals surface area contributed by atoms with Crippen molar-refractivity contribution in [3.63, 3.8) is 0 Å². The van der Waals surface area contributed by atoms with Crippen molar-refractivity contribution in [3.05, 3.63) is 59.1 Å². The van der Waals surface area contributed by atoms with E-state index in [2.05, 4.69) is 5.32 Å². The third-order valence-electron chi connectivity index (χ3n) is 3.10. The van der Waals surface area contributed by atoms with Gasteiger partial charge in [-0.2, -0.15) is 13.2 Å². The Kier molecular flexibility index (Phi) is 6.57. The van der Waals surface area contributed by atoms with Gasteiger partial charge in [-0.15, -0.1) is 11.8 Å². The molecule has 2 aromatic rings. The molecule has 0 aliphatic carbocycles. The van der Waals surface area contributed by atoms with Crippen LogP contribution < -0.4 is 5.32 Å². The minimum atomic E-state index is -4.42. The van der Waals surface area contributed by atoms with Crippen LogP contribution in [0.4, 0.5) is 18.9 Å². The van der Waals surface area contributed by atoms with E-state index in [1.54, 1.807) is 23.9 Å². The number of hydrogen-bond acceptors (Lipinski definition) is 2. The third kappa shape index (κ3) is 6.09. The van der Waals surface area contributed by atoms with Gasteiger partial charge in [0, 0.05) is 22.0 Å². The Hall–Kier alpha value is -1.66. The van der Waals surface area contributed by atoms with Gasteiger partial charge in [0.2, 0.25) is 5.91 Å². The third-order valence-corrected chi connectivity index (χ3v) is 4.45. The van der Waals surface area contributed by atoms with Gasteiger partial charge in [0.1, 0.15) is 0 Å². The van der Waals surface area contributed by atoms with Crippen molar-refractivity contribution in [2.45, 2.75) is 23.9 Å².